The fraction of sp³-hybridized carbons (Fsp3) is 0.500. The molecule has 0 aromatic heterocycles. The van der Waals surface area contributed by atoms with Gasteiger partial charge in [0.15, 0.2) is 11.5 Å². The van der Waals surface area contributed by atoms with E-state index in [2.05, 4.69) is 42.6 Å². The summed E-state index contributed by atoms with van der Waals surface area (Å²) in [6.45, 7) is 3.65. The minimum atomic E-state index is -0.116. The number of ether oxygens (including phenoxy) is 1. The highest BCUT2D eigenvalue weighted by atomic mass is 16.5. The van der Waals surface area contributed by atoms with Gasteiger partial charge in [-0.15, -0.1) is 0 Å². The first kappa shape index (κ1) is 19.6. The molecule has 2 aromatic carbocycles. The number of phenolic OH excluding ortho intramolecular Hbond substituents is 1. The Morgan fingerprint density at radius 2 is 2.03 bits per heavy atom. The maximum absolute atomic E-state index is 12.8. The number of nitrogens with one attached hydrogen (secondary N) is 1. The van der Waals surface area contributed by atoms with Crippen LogP contribution < -0.4 is 10.1 Å². The molecule has 0 unspecified atom stereocenters. The number of hydrogen-bond donors (Lipinski definition) is 2. The van der Waals surface area contributed by atoms with E-state index in [1.54, 1.807) is 6.07 Å². The Morgan fingerprint density at radius 1 is 1.20 bits per heavy atom. The van der Waals surface area contributed by atoms with Gasteiger partial charge in [0.25, 0.3) is 0 Å². The molecule has 4 atom stereocenters. The molecule has 158 valence electrons. The fourth-order valence-electron chi connectivity index (χ4n) is 6.46. The van der Waals surface area contributed by atoms with Gasteiger partial charge in [-0.1, -0.05) is 43.3 Å². The van der Waals surface area contributed by atoms with E-state index in [0.717, 1.165) is 44.2 Å². The fourth-order valence-corrected chi connectivity index (χ4v) is 6.46. The van der Waals surface area contributed by atoms with Crippen LogP contribution in [-0.4, -0.2) is 30.1 Å². The highest BCUT2D eigenvalue weighted by Gasteiger charge is 2.57. The second kappa shape index (κ2) is 7.73. The molecule has 2 aromatic rings. The summed E-state index contributed by atoms with van der Waals surface area (Å²) < 4.78 is 6.20. The molecule has 0 radical (unpaired) electrons. The van der Waals surface area contributed by atoms with E-state index in [1.807, 2.05) is 6.07 Å². The third-order valence-corrected chi connectivity index (χ3v) is 7.91. The topological polar surface area (TPSA) is 58.6 Å². The maximum Gasteiger partial charge on any atom is 0.164 e. The van der Waals surface area contributed by atoms with Crippen molar-refractivity contribution < 1.29 is 14.6 Å². The van der Waals surface area contributed by atoms with Crippen molar-refractivity contribution in [1.29, 1.82) is 0 Å². The van der Waals surface area contributed by atoms with Crippen LogP contribution in [0.2, 0.25) is 0 Å². The van der Waals surface area contributed by atoms with Crippen LogP contribution in [-0.2, 0) is 23.1 Å². The third-order valence-electron chi connectivity index (χ3n) is 7.91. The molecule has 0 amide bonds. The Hall–Kier alpha value is -2.33. The number of piperidine rings is 1. The zero-order valence-corrected chi connectivity index (χ0v) is 17.7. The van der Waals surface area contributed by atoms with Gasteiger partial charge >= 0.3 is 0 Å². The van der Waals surface area contributed by atoms with Crippen molar-refractivity contribution in [1.82, 2.24) is 5.32 Å². The molecule has 2 aliphatic carbocycles. The highest BCUT2D eigenvalue weighted by molar-refractivity contribution is 5.84. The summed E-state index contributed by atoms with van der Waals surface area (Å²) in [7, 11) is 0. The zero-order valence-electron chi connectivity index (χ0n) is 17.7. The predicted molar refractivity (Wildman–Crippen MR) is 117 cm³/mol. The largest absolute Gasteiger partial charge is 0.504 e. The molecule has 2 N–H and O–H groups in total. The summed E-state index contributed by atoms with van der Waals surface area (Å²) in [4.78, 5) is 12.8. The van der Waals surface area contributed by atoms with Crippen molar-refractivity contribution >= 4 is 5.78 Å². The zero-order chi connectivity index (χ0) is 20.7. The number of aryl methyl sites for hydroxylation is 1. The van der Waals surface area contributed by atoms with Gasteiger partial charge in [-0.3, -0.25) is 4.79 Å². The molecule has 1 saturated carbocycles. The number of fused-ring (bicyclic) bond motifs is 1. The number of phenols is 1. The number of Topliss-reactive ketones (excluding diaryl/α,β-unsaturated/α-hetero) is 1. The predicted octanol–water partition coefficient (Wildman–Crippen LogP) is 4.17. The van der Waals surface area contributed by atoms with E-state index >= 15 is 0 Å². The van der Waals surface area contributed by atoms with Gasteiger partial charge in [0.1, 0.15) is 5.78 Å². The van der Waals surface area contributed by atoms with E-state index in [9.17, 15) is 9.90 Å². The third kappa shape index (κ3) is 3.04. The van der Waals surface area contributed by atoms with Gasteiger partial charge in [0, 0.05) is 29.4 Å². The molecule has 0 spiro atoms. The number of carbonyl (C=O) groups excluding carboxylic acids is 1. The van der Waals surface area contributed by atoms with Crippen LogP contribution in [0.25, 0.3) is 0 Å². The first-order valence-electron chi connectivity index (χ1n) is 11.4. The summed E-state index contributed by atoms with van der Waals surface area (Å²) in [6.07, 6.45) is 5.36. The second-order valence-electron chi connectivity index (χ2n) is 9.27. The number of aromatic hydroxyl groups is 1. The molecule has 4 nitrogen and oxygen atoms in total. The van der Waals surface area contributed by atoms with Gasteiger partial charge in [-0.2, -0.15) is 0 Å². The average molecular weight is 406 g/mol. The molecule has 2 fully saturated rings. The number of rotatable bonds is 5. The minimum absolute atomic E-state index is 0.0235. The number of benzene rings is 2. The van der Waals surface area contributed by atoms with E-state index in [4.69, 9.17) is 4.74 Å². The monoisotopic (exact) mass is 405 g/mol. The molecule has 30 heavy (non-hydrogen) atoms. The molecule has 1 saturated heterocycles. The van der Waals surface area contributed by atoms with Gasteiger partial charge in [0.2, 0.25) is 0 Å². The number of ketones is 1. The normalized spacial score (nSPS) is 29.8. The minimum Gasteiger partial charge on any atom is -0.504 e. The van der Waals surface area contributed by atoms with Crippen molar-refractivity contribution in [2.75, 3.05) is 13.2 Å². The lowest BCUT2D eigenvalue weighted by molar-refractivity contribution is -0.131. The lowest BCUT2D eigenvalue weighted by Crippen LogP contribution is -2.63. The Labute approximate surface area is 178 Å². The second-order valence-corrected chi connectivity index (χ2v) is 9.27. The van der Waals surface area contributed by atoms with Crippen molar-refractivity contribution in [3.05, 3.63) is 59.2 Å². The number of carbonyl (C=O) groups is 1. The first-order chi connectivity index (χ1) is 14.6. The quantitative estimate of drug-likeness (QED) is 0.733. The van der Waals surface area contributed by atoms with Crippen LogP contribution in [0.15, 0.2) is 42.5 Å². The van der Waals surface area contributed by atoms with Crippen LogP contribution in [0.1, 0.15) is 49.3 Å². The maximum atomic E-state index is 12.8. The van der Waals surface area contributed by atoms with Crippen molar-refractivity contribution in [3.63, 3.8) is 0 Å². The van der Waals surface area contributed by atoms with Crippen LogP contribution in [0, 0.1) is 11.8 Å². The molecule has 2 bridgehead atoms. The Balaban J connectivity index is 1.43. The van der Waals surface area contributed by atoms with Crippen molar-refractivity contribution in [2.24, 2.45) is 11.8 Å². The summed E-state index contributed by atoms with van der Waals surface area (Å²) in [5.41, 5.74) is 3.55. The Bertz CT molecular complexity index is 941. The van der Waals surface area contributed by atoms with E-state index in [-0.39, 0.29) is 17.1 Å². The van der Waals surface area contributed by atoms with Gasteiger partial charge in [-0.25, -0.2) is 0 Å². The molecular weight excluding hydrogens is 374 g/mol. The van der Waals surface area contributed by atoms with Gasteiger partial charge in [0.05, 0.1) is 6.61 Å². The molecule has 1 heterocycles. The van der Waals surface area contributed by atoms with Gasteiger partial charge < -0.3 is 15.2 Å². The van der Waals surface area contributed by atoms with Crippen LogP contribution >= 0.6 is 0 Å². The summed E-state index contributed by atoms with van der Waals surface area (Å²) in [6, 6.07) is 14.6. The lowest BCUT2D eigenvalue weighted by atomic mass is 9.49. The lowest BCUT2D eigenvalue weighted by Gasteiger charge is -2.58. The van der Waals surface area contributed by atoms with E-state index in [0.29, 0.717) is 36.5 Å². The van der Waals surface area contributed by atoms with Gasteiger partial charge in [-0.05, 0) is 61.8 Å². The first-order valence-corrected chi connectivity index (χ1v) is 11.4. The smallest absolute Gasteiger partial charge is 0.164 e. The highest BCUT2D eigenvalue weighted by Crippen LogP contribution is 2.57. The van der Waals surface area contributed by atoms with Crippen molar-refractivity contribution in [2.45, 2.75) is 56.9 Å². The molecule has 3 aliphatic rings. The summed E-state index contributed by atoms with van der Waals surface area (Å²) in [5.74, 6) is 1.75. The summed E-state index contributed by atoms with van der Waals surface area (Å²) in [5, 5.41) is 14.4. The SMILES string of the molecule is C[C@@H]1C(=O)CC[C@H]2[C@H]3Cc4c(ccc(O)c4OCCCc4ccccc4)[C@@]12CCN3. The Morgan fingerprint density at radius 3 is 2.87 bits per heavy atom. The Kier molecular flexibility index (Phi) is 5.06. The molecule has 5 rings (SSSR count). The average Bonchev–Trinajstić information content (AvgIpc) is 2.76. The van der Waals surface area contributed by atoms with Crippen LogP contribution in [0.4, 0.5) is 0 Å². The molecular formula is C26H31NO3. The standard InChI is InChI=1S/C26H31NO3/c1-17-23(28)11-10-21-22-16-19-20(26(17,21)13-14-27-22)9-12-24(29)25(19)30-15-5-8-18-6-3-2-4-7-18/h2-4,6-7,9,12,17,21-22,27,29H,5,8,10-11,13-16H2,1H3/t17-,21+,22-,26-/m1/s1. The van der Waals surface area contributed by atoms with E-state index in [1.165, 1.54) is 11.1 Å². The van der Waals surface area contributed by atoms with Crippen LogP contribution in [0.5, 0.6) is 11.5 Å². The number of hydrogen-bond acceptors (Lipinski definition) is 4. The molecule has 1 aliphatic heterocycles. The van der Waals surface area contributed by atoms with Crippen molar-refractivity contribution in [3.8, 4) is 11.5 Å². The summed E-state index contributed by atoms with van der Waals surface area (Å²) >= 11 is 0. The molecule has 4 heteroatoms. The van der Waals surface area contributed by atoms with Crippen LogP contribution in [0.3, 0.4) is 0 Å². The van der Waals surface area contributed by atoms with E-state index < -0.39 is 0 Å².